The standard InChI is InChI=1S/C19H31NO5SSi/c1-7-11(25-27(5,6)19(2,3)4)13-16(21)20-14(18(22)23)15(26-17(13)20)12-9-8-10-24-12/h11-13,17H,7-10H2,1-6H3,(H,22,23)/t11-,12-,13+,17-/m1/s1. The van der Waals surface area contributed by atoms with Crippen molar-refractivity contribution in [3.05, 3.63) is 10.6 Å². The minimum absolute atomic E-state index is 0.0586. The molecule has 0 aliphatic carbocycles. The summed E-state index contributed by atoms with van der Waals surface area (Å²) in [4.78, 5) is 27.0. The van der Waals surface area contributed by atoms with Gasteiger partial charge >= 0.3 is 5.97 Å². The highest BCUT2D eigenvalue weighted by molar-refractivity contribution is 8.04. The summed E-state index contributed by atoms with van der Waals surface area (Å²) in [5.41, 5.74) is 0.125. The minimum atomic E-state index is -2.02. The normalized spacial score (nSPS) is 29.8. The van der Waals surface area contributed by atoms with Gasteiger partial charge in [-0.2, -0.15) is 0 Å². The Balaban J connectivity index is 1.82. The lowest BCUT2D eigenvalue weighted by Gasteiger charge is -2.48. The summed E-state index contributed by atoms with van der Waals surface area (Å²) in [6.45, 7) is 13.6. The Hall–Kier alpha value is -0.833. The second kappa shape index (κ2) is 7.20. The molecule has 3 heterocycles. The molecule has 4 atom stereocenters. The summed E-state index contributed by atoms with van der Waals surface area (Å²) in [5.74, 6) is -1.45. The zero-order chi connectivity index (χ0) is 20.1. The van der Waals surface area contributed by atoms with Crippen molar-refractivity contribution in [2.75, 3.05) is 6.61 Å². The van der Waals surface area contributed by atoms with Gasteiger partial charge in [0, 0.05) is 11.5 Å². The maximum atomic E-state index is 13.0. The van der Waals surface area contributed by atoms with Gasteiger partial charge in [-0.25, -0.2) is 4.79 Å². The van der Waals surface area contributed by atoms with Gasteiger partial charge in [-0.1, -0.05) is 39.5 Å². The minimum Gasteiger partial charge on any atom is -0.477 e. The van der Waals surface area contributed by atoms with E-state index in [2.05, 4.69) is 33.9 Å². The number of hydrogen-bond acceptors (Lipinski definition) is 5. The number of carboxylic acids is 1. The van der Waals surface area contributed by atoms with Gasteiger partial charge in [0.05, 0.1) is 18.1 Å². The van der Waals surface area contributed by atoms with Crippen LogP contribution in [-0.4, -0.2) is 54.4 Å². The Labute approximate surface area is 166 Å². The number of β-lactam (4-membered cyclic amide) rings is 1. The summed E-state index contributed by atoms with van der Waals surface area (Å²) in [5, 5.41) is 9.59. The van der Waals surface area contributed by atoms with Crippen molar-refractivity contribution < 1.29 is 23.9 Å². The Morgan fingerprint density at radius 3 is 2.59 bits per heavy atom. The van der Waals surface area contributed by atoms with E-state index in [-0.39, 0.29) is 40.1 Å². The number of carbonyl (C=O) groups is 2. The van der Waals surface area contributed by atoms with Crippen LogP contribution in [0.4, 0.5) is 0 Å². The van der Waals surface area contributed by atoms with E-state index in [1.807, 2.05) is 6.92 Å². The molecule has 3 rings (SSSR count). The van der Waals surface area contributed by atoms with E-state index in [0.717, 1.165) is 19.3 Å². The SMILES string of the molecule is CC[C@@H](O[Si](C)(C)C(C)(C)C)[C@H]1C(=O)N2C(C(=O)O)=C([C@H]3CCCO3)S[C@H]12. The number of rotatable bonds is 6. The molecule has 8 heteroatoms. The fourth-order valence-corrected chi connectivity index (χ4v) is 6.76. The molecule has 6 nitrogen and oxygen atoms in total. The summed E-state index contributed by atoms with van der Waals surface area (Å²) in [6, 6.07) is 0. The van der Waals surface area contributed by atoms with Crippen molar-refractivity contribution in [3.8, 4) is 0 Å². The average Bonchev–Trinajstić information content (AvgIpc) is 3.18. The van der Waals surface area contributed by atoms with Crippen molar-refractivity contribution in [1.29, 1.82) is 0 Å². The maximum absolute atomic E-state index is 13.0. The number of nitrogens with zero attached hydrogens (tertiary/aromatic N) is 1. The molecule has 0 radical (unpaired) electrons. The number of amides is 1. The number of carboxylic acid groups (broad SMARTS) is 1. The van der Waals surface area contributed by atoms with Gasteiger partial charge in [0.25, 0.3) is 0 Å². The van der Waals surface area contributed by atoms with Gasteiger partial charge in [-0.15, -0.1) is 0 Å². The molecule has 1 N–H and O–H groups in total. The number of carbonyl (C=O) groups excluding carboxylic acids is 1. The zero-order valence-electron chi connectivity index (χ0n) is 17.1. The average molecular weight is 414 g/mol. The van der Waals surface area contributed by atoms with E-state index in [1.165, 1.54) is 16.7 Å². The largest absolute Gasteiger partial charge is 0.477 e. The fourth-order valence-electron chi connectivity index (χ4n) is 3.68. The lowest BCUT2D eigenvalue weighted by Crippen LogP contribution is -2.63. The van der Waals surface area contributed by atoms with Crippen LogP contribution in [0.5, 0.6) is 0 Å². The smallest absolute Gasteiger partial charge is 0.353 e. The Bertz CT molecular complexity index is 666. The molecular weight excluding hydrogens is 382 g/mol. The third kappa shape index (κ3) is 3.49. The van der Waals surface area contributed by atoms with Gasteiger partial charge in [-0.3, -0.25) is 9.69 Å². The third-order valence-electron chi connectivity index (χ3n) is 6.29. The molecule has 0 spiro atoms. The molecule has 3 aliphatic heterocycles. The van der Waals surface area contributed by atoms with Gasteiger partial charge in [0.2, 0.25) is 5.91 Å². The first kappa shape index (κ1) is 20.9. The van der Waals surface area contributed by atoms with Crippen molar-refractivity contribution >= 4 is 32.0 Å². The van der Waals surface area contributed by atoms with E-state index in [4.69, 9.17) is 9.16 Å². The highest BCUT2D eigenvalue weighted by atomic mass is 32.2. The molecule has 27 heavy (non-hydrogen) atoms. The number of fused-ring (bicyclic) bond motifs is 1. The first-order chi connectivity index (χ1) is 12.5. The zero-order valence-corrected chi connectivity index (χ0v) is 18.9. The predicted octanol–water partition coefficient (Wildman–Crippen LogP) is 3.79. The molecule has 0 aromatic rings. The number of hydrogen-bond donors (Lipinski definition) is 1. The van der Waals surface area contributed by atoms with Crippen LogP contribution in [0.2, 0.25) is 18.1 Å². The van der Waals surface area contributed by atoms with E-state index >= 15 is 0 Å². The van der Waals surface area contributed by atoms with Gasteiger partial charge in [-0.05, 0) is 37.4 Å². The topological polar surface area (TPSA) is 76.1 Å². The van der Waals surface area contributed by atoms with Crippen LogP contribution in [0.25, 0.3) is 0 Å². The van der Waals surface area contributed by atoms with Gasteiger partial charge in [0.15, 0.2) is 8.32 Å². The Morgan fingerprint density at radius 2 is 2.11 bits per heavy atom. The maximum Gasteiger partial charge on any atom is 0.353 e. The number of aliphatic carboxylic acids is 1. The first-order valence-corrected chi connectivity index (χ1v) is 13.5. The van der Waals surface area contributed by atoms with E-state index in [1.54, 1.807) is 0 Å². The third-order valence-corrected chi connectivity index (χ3v) is 12.2. The van der Waals surface area contributed by atoms with Crippen LogP contribution in [0.15, 0.2) is 10.6 Å². The molecule has 0 bridgehead atoms. The highest BCUT2D eigenvalue weighted by Crippen LogP contribution is 2.54. The van der Waals surface area contributed by atoms with Gasteiger partial charge in [0.1, 0.15) is 11.1 Å². The van der Waals surface area contributed by atoms with E-state index in [0.29, 0.717) is 11.5 Å². The molecular formula is C19H31NO5SSi. The number of thioether (sulfide) groups is 1. The predicted molar refractivity (Wildman–Crippen MR) is 108 cm³/mol. The summed E-state index contributed by atoms with van der Waals surface area (Å²) >= 11 is 1.50. The second-order valence-electron chi connectivity index (χ2n) is 9.09. The fraction of sp³-hybridized carbons (Fsp3) is 0.789. The van der Waals surface area contributed by atoms with Crippen LogP contribution < -0.4 is 0 Å². The van der Waals surface area contributed by atoms with Crippen LogP contribution in [0.3, 0.4) is 0 Å². The molecule has 0 saturated carbocycles. The van der Waals surface area contributed by atoms with E-state index < -0.39 is 14.3 Å². The lowest BCUT2D eigenvalue weighted by atomic mass is 9.89. The second-order valence-corrected chi connectivity index (χ2v) is 15.0. The quantitative estimate of drug-likeness (QED) is 0.527. The van der Waals surface area contributed by atoms with E-state index in [9.17, 15) is 14.7 Å². The molecule has 152 valence electrons. The van der Waals surface area contributed by atoms with Gasteiger partial charge < -0.3 is 14.3 Å². The highest BCUT2D eigenvalue weighted by Gasteiger charge is 2.60. The van der Waals surface area contributed by atoms with Crippen LogP contribution in [0, 0.1) is 5.92 Å². The van der Waals surface area contributed by atoms with Crippen molar-refractivity contribution in [1.82, 2.24) is 4.90 Å². The molecule has 2 fully saturated rings. The molecule has 2 saturated heterocycles. The van der Waals surface area contributed by atoms with Crippen molar-refractivity contribution in [2.45, 2.75) is 82.7 Å². The van der Waals surface area contributed by atoms with Crippen LogP contribution in [0.1, 0.15) is 47.0 Å². The molecule has 1 amide bonds. The Kier molecular flexibility index (Phi) is 5.57. The molecule has 0 aromatic carbocycles. The molecule has 0 unspecified atom stereocenters. The van der Waals surface area contributed by atoms with Crippen molar-refractivity contribution in [3.63, 3.8) is 0 Å². The molecule has 3 aliphatic rings. The van der Waals surface area contributed by atoms with Crippen molar-refractivity contribution in [2.24, 2.45) is 5.92 Å². The number of ether oxygens (including phenoxy) is 1. The Morgan fingerprint density at radius 1 is 1.44 bits per heavy atom. The van der Waals surface area contributed by atoms with Crippen LogP contribution >= 0.6 is 11.8 Å². The monoisotopic (exact) mass is 413 g/mol. The summed E-state index contributed by atoms with van der Waals surface area (Å²) < 4.78 is 12.3. The van der Waals surface area contributed by atoms with Crippen LogP contribution in [-0.2, 0) is 18.8 Å². The summed E-state index contributed by atoms with van der Waals surface area (Å²) in [6.07, 6.45) is 2.12. The molecule has 0 aromatic heterocycles. The first-order valence-electron chi connectivity index (χ1n) is 9.76. The summed E-state index contributed by atoms with van der Waals surface area (Å²) in [7, 11) is -2.02. The lowest BCUT2D eigenvalue weighted by molar-refractivity contribution is -0.156.